The van der Waals surface area contributed by atoms with Crippen LogP contribution in [-0.2, 0) is 9.47 Å². The fourth-order valence-electron chi connectivity index (χ4n) is 0.303. The molecule has 0 aromatic heterocycles. The van der Waals surface area contributed by atoms with E-state index in [1.807, 2.05) is 0 Å². The minimum atomic E-state index is -1.65. The van der Waals surface area contributed by atoms with Crippen LogP contribution in [-0.4, -0.2) is 41.8 Å². The Labute approximate surface area is 96.3 Å². The molecule has 0 N–H and O–H groups in total. The molecule has 0 atom stereocenters. The van der Waals surface area contributed by atoms with Crippen LogP contribution in [0.15, 0.2) is 0 Å². The monoisotopic (exact) mass is 438 g/mol. The van der Waals surface area contributed by atoms with E-state index in [-0.39, 0.29) is 0 Å². The van der Waals surface area contributed by atoms with Crippen molar-refractivity contribution in [1.29, 1.82) is 0 Å². The van der Waals surface area contributed by atoms with E-state index in [0.717, 1.165) is 0 Å². The number of hydrogen-bond acceptors (Lipinski definition) is 6. The van der Waals surface area contributed by atoms with Gasteiger partial charge in [-0.25, -0.2) is 0 Å². The van der Waals surface area contributed by atoms with Gasteiger partial charge in [0.1, 0.15) is 0 Å². The number of thiocarbonyl (C=S) groups is 2. The maximum atomic E-state index is 4.91. The van der Waals surface area contributed by atoms with E-state index in [4.69, 9.17) is 33.9 Å². The molecule has 0 unspecified atom stereocenters. The molecule has 0 aliphatic rings. The molecular weight excluding hydrogens is 429 g/mol. The van der Waals surface area contributed by atoms with Crippen molar-refractivity contribution in [2.45, 2.75) is 4.63 Å². The molecule has 0 rings (SSSR count). The van der Waals surface area contributed by atoms with Crippen molar-refractivity contribution in [2.24, 2.45) is 0 Å². The normalized spacial score (nSPS) is 9.67. The number of rotatable bonds is 2. The molecule has 7 heteroatoms. The van der Waals surface area contributed by atoms with Gasteiger partial charge in [-0.1, -0.05) is 0 Å². The fraction of sp³-hybridized carbons (Fsp3) is 0.600. The average molecular weight is 438 g/mol. The van der Waals surface area contributed by atoms with Crippen molar-refractivity contribution < 1.29 is 9.47 Å². The SMILES string of the molecule is COC(=S)[S][Bi]([CH3])[S]C(=S)OC. The van der Waals surface area contributed by atoms with Gasteiger partial charge in [0, 0.05) is 0 Å². The molecule has 0 aliphatic carbocycles. The average Bonchev–Trinajstić information content (AvgIpc) is 2.03. The van der Waals surface area contributed by atoms with E-state index in [1.54, 1.807) is 31.3 Å². The molecule has 0 heterocycles. The Balaban J connectivity index is 3.66. The van der Waals surface area contributed by atoms with Crippen LogP contribution in [0.4, 0.5) is 0 Å². The second-order valence-electron chi connectivity index (χ2n) is 1.53. The van der Waals surface area contributed by atoms with Gasteiger partial charge in [-0.05, 0) is 0 Å². The van der Waals surface area contributed by atoms with Crippen molar-refractivity contribution in [1.82, 2.24) is 0 Å². The molecule has 0 aromatic rings. The summed E-state index contributed by atoms with van der Waals surface area (Å²) in [5.74, 6) is 0. The Kier molecular flexibility index (Phi) is 8.62. The Morgan fingerprint density at radius 1 is 1.08 bits per heavy atom. The zero-order valence-electron chi connectivity index (χ0n) is 6.90. The van der Waals surface area contributed by atoms with Gasteiger partial charge in [0.05, 0.1) is 0 Å². The van der Waals surface area contributed by atoms with Crippen LogP contribution >= 0.6 is 41.5 Å². The molecule has 0 saturated heterocycles. The van der Waals surface area contributed by atoms with Crippen LogP contribution in [0.2, 0.25) is 4.63 Å². The Bertz CT molecular complexity index is 157. The van der Waals surface area contributed by atoms with Crippen molar-refractivity contribution in [3.8, 4) is 0 Å². The zero-order valence-corrected chi connectivity index (χ0v) is 13.6. The van der Waals surface area contributed by atoms with Gasteiger partial charge in [-0.3, -0.25) is 0 Å². The van der Waals surface area contributed by atoms with Crippen molar-refractivity contribution >= 4 is 69.1 Å². The van der Waals surface area contributed by atoms with Gasteiger partial charge >= 0.3 is 97.4 Å². The molecular formula is C5H9BiO2S4. The third kappa shape index (κ3) is 6.83. The van der Waals surface area contributed by atoms with E-state index in [2.05, 4.69) is 4.63 Å². The Morgan fingerprint density at radius 2 is 1.42 bits per heavy atom. The van der Waals surface area contributed by atoms with E-state index >= 15 is 0 Å². The van der Waals surface area contributed by atoms with Gasteiger partial charge < -0.3 is 0 Å². The summed E-state index contributed by atoms with van der Waals surface area (Å²) < 4.78 is 13.2. The standard InChI is InChI=1S/2C2H4OS2.CH3.Bi/c2*1-3-2(4)5;;/h2*1H3,(H,4,5);1H3;/q;;;+2/p-2. The molecule has 2 nitrogen and oxygen atoms in total. The predicted molar refractivity (Wildman–Crippen MR) is 66.0 cm³/mol. The zero-order chi connectivity index (χ0) is 9.56. The van der Waals surface area contributed by atoms with Gasteiger partial charge in [0.25, 0.3) is 0 Å². The number of ether oxygens (including phenoxy) is 2. The summed E-state index contributed by atoms with van der Waals surface area (Å²) in [5.41, 5.74) is 0. The van der Waals surface area contributed by atoms with Crippen LogP contribution in [0.1, 0.15) is 0 Å². The maximum absolute atomic E-state index is 4.91. The summed E-state index contributed by atoms with van der Waals surface area (Å²) in [6, 6.07) is 0. The summed E-state index contributed by atoms with van der Waals surface area (Å²) in [7, 11) is 6.48. The third-order valence-electron chi connectivity index (χ3n) is 0.740. The predicted octanol–water partition coefficient (Wildman–Crippen LogP) is 2.43. The number of methoxy groups -OCH3 is 2. The third-order valence-corrected chi connectivity index (χ3v) is 19.5. The molecule has 70 valence electrons. The van der Waals surface area contributed by atoms with Gasteiger partial charge in [0.15, 0.2) is 0 Å². The first-order valence-electron chi connectivity index (χ1n) is 2.85. The van der Waals surface area contributed by atoms with Crippen molar-refractivity contribution in [3.05, 3.63) is 0 Å². The molecule has 0 saturated carbocycles. The molecule has 0 aromatic carbocycles. The van der Waals surface area contributed by atoms with Crippen LogP contribution < -0.4 is 0 Å². The van der Waals surface area contributed by atoms with Crippen LogP contribution in [0.5, 0.6) is 0 Å². The first-order chi connectivity index (χ1) is 5.60. The van der Waals surface area contributed by atoms with Gasteiger partial charge in [-0.2, -0.15) is 0 Å². The number of hydrogen-bond donors (Lipinski definition) is 0. The quantitative estimate of drug-likeness (QED) is 0.484. The Hall–Kier alpha value is 1.36. The summed E-state index contributed by atoms with van der Waals surface area (Å²) in [5, 5.41) is 0. The second kappa shape index (κ2) is 7.74. The Morgan fingerprint density at radius 3 is 1.67 bits per heavy atom. The summed E-state index contributed by atoms with van der Waals surface area (Å²) in [6.07, 6.45) is 0. The topological polar surface area (TPSA) is 18.5 Å². The van der Waals surface area contributed by atoms with E-state index in [1.165, 1.54) is 0 Å². The summed E-state index contributed by atoms with van der Waals surface area (Å²) >= 11 is 8.18. The van der Waals surface area contributed by atoms with Crippen LogP contribution in [0, 0.1) is 0 Å². The van der Waals surface area contributed by atoms with E-state index in [0.29, 0.717) is 8.77 Å². The molecule has 0 radical (unpaired) electrons. The molecule has 0 spiro atoms. The first-order valence-corrected chi connectivity index (χ1v) is 17.2. The summed E-state index contributed by atoms with van der Waals surface area (Å²) in [6.45, 7) is 0. The van der Waals surface area contributed by atoms with Crippen molar-refractivity contribution in [3.63, 3.8) is 0 Å². The van der Waals surface area contributed by atoms with Crippen LogP contribution in [0.3, 0.4) is 0 Å². The molecule has 12 heavy (non-hydrogen) atoms. The fourth-order valence-corrected chi connectivity index (χ4v) is 20.9. The second-order valence-corrected chi connectivity index (χ2v) is 23.2. The van der Waals surface area contributed by atoms with Crippen LogP contribution in [0.25, 0.3) is 0 Å². The minimum absolute atomic E-state index is 0.613. The first kappa shape index (κ1) is 13.4. The molecule has 0 amide bonds. The van der Waals surface area contributed by atoms with E-state index < -0.39 is 18.8 Å². The molecule has 0 bridgehead atoms. The molecule has 0 aliphatic heterocycles. The van der Waals surface area contributed by atoms with Crippen molar-refractivity contribution in [2.75, 3.05) is 14.2 Å². The van der Waals surface area contributed by atoms with Gasteiger partial charge in [-0.15, -0.1) is 0 Å². The van der Waals surface area contributed by atoms with Gasteiger partial charge in [0.2, 0.25) is 0 Å². The van der Waals surface area contributed by atoms with E-state index in [9.17, 15) is 0 Å². The molecule has 0 fully saturated rings. The summed E-state index contributed by atoms with van der Waals surface area (Å²) in [4.78, 5) is 0.